The van der Waals surface area contributed by atoms with Gasteiger partial charge in [0, 0.05) is 12.0 Å². The van der Waals surface area contributed by atoms with Gasteiger partial charge in [0.05, 0.1) is 11.1 Å². The largest absolute Gasteiger partial charge is 0.508 e. The molecule has 0 unspecified atom stereocenters. The second kappa shape index (κ2) is 7.71. The summed E-state index contributed by atoms with van der Waals surface area (Å²) in [4.78, 5) is 25.6. The van der Waals surface area contributed by atoms with E-state index in [4.69, 9.17) is 9.15 Å². The molecule has 4 rings (SSSR count). The summed E-state index contributed by atoms with van der Waals surface area (Å²) in [5, 5.41) is 20.8. The molecule has 0 amide bonds. The van der Waals surface area contributed by atoms with Gasteiger partial charge in [0.15, 0.2) is 11.4 Å². The lowest BCUT2D eigenvalue weighted by atomic mass is 9.92. The first-order valence-electron chi connectivity index (χ1n) is 10.3. The summed E-state index contributed by atoms with van der Waals surface area (Å²) in [5.41, 5.74) is 1.32. The van der Waals surface area contributed by atoms with Gasteiger partial charge < -0.3 is 19.4 Å². The van der Waals surface area contributed by atoms with Crippen molar-refractivity contribution in [1.29, 1.82) is 0 Å². The maximum atomic E-state index is 13.4. The average Bonchev–Trinajstić information content (AvgIpc) is 2.73. The molecule has 1 aromatic heterocycles. The number of benzene rings is 2. The van der Waals surface area contributed by atoms with Crippen molar-refractivity contribution in [3.63, 3.8) is 0 Å². The molecule has 6 heteroatoms. The second-order valence-corrected chi connectivity index (χ2v) is 8.54. The van der Waals surface area contributed by atoms with E-state index in [0.29, 0.717) is 28.0 Å². The number of hydrogen-bond acceptors (Lipinski definition) is 6. The first kappa shape index (κ1) is 21.4. The predicted octanol–water partition coefficient (Wildman–Crippen LogP) is 5.13. The van der Waals surface area contributed by atoms with E-state index in [2.05, 4.69) is 6.58 Å². The Morgan fingerprint density at radius 3 is 2.50 bits per heavy atom. The zero-order valence-electron chi connectivity index (χ0n) is 18.2. The quantitative estimate of drug-likeness (QED) is 0.542. The minimum Gasteiger partial charge on any atom is -0.508 e. The minimum absolute atomic E-state index is 0.0278. The molecular formula is C26H24O6. The van der Waals surface area contributed by atoms with Crippen LogP contribution in [-0.2, 0) is 11.2 Å². The Labute approximate surface area is 185 Å². The molecule has 3 aromatic rings. The van der Waals surface area contributed by atoms with Gasteiger partial charge in [0.2, 0.25) is 5.43 Å². The van der Waals surface area contributed by atoms with Gasteiger partial charge >= 0.3 is 0 Å². The highest BCUT2D eigenvalue weighted by atomic mass is 16.5. The molecule has 164 valence electrons. The van der Waals surface area contributed by atoms with Crippen molar-refractivity contribution in [3.05, 3.63) is 70.1 Å². The molecule has 6 nitrogen and oxygen atoms in total. The minimum atomic E-state index is -0.632. The normalized spacial score (nSPS) is 14.1. The molecule has 0 aliphatic carbocycles. The number of allylic oxidation sites excluding steroid dienone is 1. The Morgan fingerprint density at radius 2 is 1.84 bits per heavy atom. The third-order valence-corrected chi connectivity index (χ3v) is 5.55. The zero-order valence-corrected chi connectivity index (χ0v) is 18.2. The SMILES string of the molecule is C=C(C)C(=O)CCc1c2c(c3occ(-c4ccc(O)cc4)c(=O)c3c1O)C=CC(C)(C)O2. The lowest BCUT2D eigenvalue weighted by Gasteiger charge is -2.30. The molecular weight excluding hydrogens is 408 g/mol. The number of hydrogen-bond donors (Lipinski definition) is 2. The van der Waals surface area contributed by atoms with E-state index < -0.39 is 11.0 Å². The maximum Gasteiger partial charge on any atom is 0.204 e. The Hall–Kier alpha value is -3.80. The fraction of sp³-hybridized carbons (Fsp3) is 0.231. The van der Waals surface area contributed by atoms with Crippen molar-refractivity contribution in [2.45, 2.75) is 39.2 Å². The summed E-state index contributed by atoms with van der Waals surface area (Å²) in [6, 6.07) is 6.14. The van der Waals surface area contributed by atoms with Crippen LogP contribution in [0.4, 0.5) is 0 Å². The van der Waals surface area contributed by atoms with Crippen LogP contribution < -0.4 is 10.2 Å². The van der Waals surface area contributed by atoms with Gasteiger partial charge in [-0.2, -0.15) is 0 Å². The lowest BCUT2D eigenvalue weighted by molar-refractivity contribution is -0.115. The third-order valence-electron chi connectivity index (χ3n) is 5.55. The number of rotatable bonds is 5. The third kappa shape index (κ3) is 3.68. The standard InChI is InChI=1S/C26H24O6/c1-14(2)20(28)10-9-17-22(29)21-23(30)19(15-5-7-16(27)8-6-15)13-31-25(21)18-11-12-26(3,4)32-24(17)18/h5-8,11-13,27,29H,1,9-10H2,2-4H3. The molecule has 0 saturated carbocycles. The Kier molecular flexibility index (Phi) is 5.17. The lowest BCUT2D eigenvalue weighted by Crippen LogP contribution is -2.28. The number of ether oxygens (including phenoxy) is 1. The van der Waals surface area contributed by atoms with E-state index in [0.717, 1.165) is 0 Å². The topological polar surface area (TPSA) is 97.0 Å². The summed E-state index contributed by atoms with van der Waals surface area (Å²) >= 11 is 0. The van der Waals surface area contributed by atoms with E-state index in [1.165, 1.54) is 18.4 Å². The number of fused-ring (bicyclic) bond motifs is 3. The molecule has 32 heavy (non-hydrogen) atoms. The molecule has 1 aliphatic heterocycles. The monoisotopic (exact) mass is 432 g/mol. The Morgan fingerprint density at radius 1 is 1.16 bits per heavy atom. The maximum absolute atomic E-state index is 13.4. The fourth-order valence-electron chi connectivity index (χ4n) is 3.78. The number of aromatic hydroxyl groups is 2. The van der Waals surface area contributed by atoms with Crippen LogP contribution in [0.3, 0.4) is 0 Å². The van der Waals surface area contributed by atoms with E-state index in [9.17, 15) is 19.8 Å². The average molecular weight is 432 g/mol. The number of phenols is 2. The van der Waals surface area contributed by atoms with Crippen molar-refractivity contribution < 1.29 is 24.2 Å². The van der Waals surface area contributed by atoms with Crippen LogP contribution in [0.15, 0.2) is 58.0 Å². The van der Waals surface area contributed by atoms with Gasteiger partial charge in [0.25, 0.3) is 0 Å². The first-order chi connectivity index (χ1) is 15.1. The second-order valence-electron chi connectivity index (χ2n) is 8.54. The molecule has 0 radical (unpaired) electrons. The van der Waals surface area contributed by atoms with E-state index in [1.807, 2.05) is 26.0 Å². The van der Waals surface area contributed by atoms with Crippen LogP contribution in [0.1, 0.15) is 38.3 Å². The van der Waals surface area contributed by atoms with Crippen molar-refractivity contribution in [1.82, 2.24) is 0 Å². The van der Waals surface area contributed by atoms with E-state index >= 15 is 0 Å². The molecule has 0 spiro atoms. The molecule has 1 aliphatic rings. The molecule has 0 saturated heterocycles. The van der Waals surface area contributed by atoms with Crippen LogP contribution >= 0.6 is 0 Å². The molecule has 2 N–H and O–H groups in total. The molecule has 2 aromatic carbocycles. The van der Waals surface area contributed by atoms with Gasteiger partial charge in [-0.25, -0.2) is 0 Å². The van der Waals surface area contributed by atoms with E-state index in [-0.39, 0.29) is 46.7 Å². The number of carbonyl (C=O) groups excluding carboxylic acids is 1. The number of carbonyl (C=O) groups is 1. The number of Topliss-reactive ketones (excluding diaryl/α,β-unsaturated/α-hetero) is 1. The zero-order chi connectivity index (χ0) is 23.2. The summed E-state index contributed by atoms with van der Waals surface area (Å²) in [6.07, 6.45) is 5.31. The van der Waals surface area contributed by atoms with Crippen molar-refractivity contribution in [2.75, 3.05) is 0 Å². The van der Waals surface area contributed by atoms with Crippen LogP contribution in [0.5, 0.6) is 17.2 Å². The predicted molar refractivity (Wildman–Crippen MR) is 123 cm³/mol. The van der Waals surface area contributed by atoms with Gasteiger partial charge in [-0.15, -0.1) is 0 Å². The molecule has 2 heterocycles. The molecule has 0 fully saturated rings. The van der Waals surface area contributed by atoms with E-state index in [1.54, 1.807) is 19.1 Å². The van der Waals surface area contributed by atoms with Crippen LogP contribution in [0.25, 0.3) is 28.2 Å². The highest BCUT2D eigenvalue weighted by Crippen LogP contribution is 2.45. The van der Waals surface area contributed by atoms with Crippen molar-refractivity contribution in [2.24, 2.45) is 0 Å². The number of ketones is 1. The molecule has 0 atom stereocenters. The highest BCUT2D eigenvalue weighted by molar-refractivity contribution is 5.98. The van der Waals surface area contributed by atoms with Crippen LogP contribution in [0.2, 0.25) is 0 Å². The van der Waals surface area contributed by atoms with Gasteiger partial charge in [-0.3, -0.25) is 9.59 Å². The fourth-order valence-corrected chi connectivity index (χ4v) is 3.78. The van der Waals surface area contributed by atoms with Gasteiger partial charge in [-0.05, 0) is 62.6 Å². The van der Waals surface area contributed by atoms with Crippen LogP contribution in [-0.4, -0.2) is 21.6 Å². The number of phenolic OH excluding ortho intramolecular Hbond substituents is 2. The van der Waals surface area contributed by atoms with Crippen molar-refractivity contribution in [3.8, 4) is 28.4 Å². The Bertz CT molecular complexity index is 1340. The summed E-state index contributed by atoms with van der Waals surface area (Å²) in [6.45, 7) is 9.07. The summed E-state index contributed by atoms with van der Waals surface area (Å²) in [7, 11) is 0. The van der Waals surface area contributed by atoms with Gasteiger partial charge in [-0.1, -0.05) is 18.7 Å². The van der Waals surface area contributed by atoms with Gasteiger partial charge in [0.1, 0.15) is 34.5 Å². The molecule has 0 bridgehead atoms. The summed E-state index contributed by atoms with van der Waals surface area (Å²) in [5.74, 6) is 0.0882. The Balaban J connectivity index is 1.97. The van der Waals surface area contributed by atoms with Crippen molar-refractivity contribution >= 4 is 22.8 Å². The summed E-state index contributed by atoms with van der Waals surface area (Å²) < 4.78 is 12.0. The first-order valence-corrected chi connectivity index (χ1v) is 10.3. The smallest absolute Gasteiger partial charge is 0.204 e. The highest BCUT2D eigenvalue weighted by Gasteiger charge is 2.30. The van der Waals surface area contributed by atoms with Crippen LogP contribution in [0, 0.1) is 0 Å².